The Balaban J connectivity index is 3.26. The Labute approximate surface area is 86.4 Å². The third kappa shape index (κ3) is 2.08. The van der Waals surface area contributed by atoms with Crippen molar-refractivity contribution in [3.8, 4) is 0 Å². The Bertz CT molecular complexity index is 372. The Hall–Kier alpha value is -0.990. The zero-order valence-electron chi connectivity index (χ0n) is 8.53. The molecule has 0 aliphatic rings. The molecule has 70 valence electrons. The van der Waals surface area contributed by atoms with E-state index in [0.29, 0.717) is 0 Å². The molecule has 0 unspecified atom stereocenters. The van der Waals surface area contributed by atoms with Gasteiger partial charge in [0.1, 0.15) is 15.7 Å². The van der Waals surface area contributed by atoms with Crippen LogP contribution < -0.4 is 16.7 Å². The van der Waals surface area contributed by atoms with Crippen LogP contribution in [0.5, 0.6) is 0 Å². The molecular formula is C9H12B2N2O. The van der Waals surface area contributed by atoms with Gasteiger partial charge in [0.2, 0.25) is 0 Å². The van der Waals surface area contributed by atoms with Crippen molar-refractivity contribution in [2.24, 2.45) is 0 Å². The predicted octanol–water partition coefficient (Wildman–Crippen LogP) is -0.808. The van der Waals surface area contributed by atoms with Crippen molar-refractivity contribution in [1.82, 2.24) is 9.55 Å². The van der Waals surface area contributed by atoms with Crippen LogP contribution in [0.25, 0.3) is 0 Å². The lowest BCUT2D eigenvalue weighted by molar-refractivity contribution is 0.459. The highest BCUT2D eigenvalue weighted by atomic mass is 16.1. The van der Waals surface area contributed by atoms with Crippen molar-refractivity contribution in [1.29, 1.82) is 0 Å². The highest BCUT2D eigenvalue weighted by molar-refractivity contribution is 6.34. The van der Waals surface area contributed by atoms with E-state index in [-0.39, 0.29) is 22.8 Å². The molecule has 1 heterocycles. The van der Waals surface area contributed by atoms with E-state index in [1.165, 1.54) is 0 Å². The number of nitrogens with zero attached hydrogens (tertiary/aromatic N) is 2. The quantitative estimate of drug-likeness (QED) is 0.578. The van der Waals surface area contributed by atoms with Crippen LogP contribution in [-0.2, 0) is 0 Å². The van der Waals surface area contributed by atoms with Crippen LogP contribution in [0, 0.1) is 0 Å². The van der Waals surface area contributed by atoms with E-state index < -0.39 is 0 Å². The van der Waals surface area contributed by atoms with Gasteiger partial charge in [0.05, 0.1) is 5.59 Å². The highest BCUT2D eigenvalue weighted by Crippen LogP contribution is 2.10. The molecule has 1 aromatic heterocycles. The van der Waals surface area contributed by atoms with Crippen LogP contribution in [0.1, 0.15) is 32.7 Å². The summed E-state index contributed by atoms with van der Waals surface area (Å²) in [5.74, 6) is 0. The van der Waals surface area contributed by atoms with Crippen LogP contribution in [-0.4, -0.2) is 25.2 Å². The third-order valence-corrected chi connectivity index (χ3v) is 2.31. The minimum absolute atomic E-state index is 0.0306. The van der Waals surface area contributed by atoms with Gasteiger partial charge in [-0.2, -0.15) is 0 Å². The first kappa shape index (κ1) is 11.1. The fourth-order valence-electron chi connectivity index (χ4n) is 1.50. The smallest absolute Gasteiger partial charge is 0.261 e. The highest BCUT2D eigenvalue weighted by Gasteiger charge is 2.09. The molecule has 0 atom stereocenters. The summed E-state index contributed by atoms with van der Waals surface area (Å²) < 4.78 is 1.57. The van der Waals surface area contributed by atoms with Gasteiger partial charge in [-0.1, -0.05) is 13.8 Å². The zero-order valence-corrected chi connectivity index (χ0v) is 8.53. The van der Waals surface area contributed by atoms with Gasteiger partial charge in [0.15, 0.2) is 0 Å². The molecule has 14 heavy (non-hydrogen) atoms. The second kappa shape index (κ2) is 4.49. The molecule has 1 aromatic rings. The molecule has 4 radical (unpaired) electrons. The monoisotopic (exact) mass is 186 g/mol. The van der Waals surface area contributed by atoms with E-state index in [1.807, 2.05) is 13.8 Å². The van der Waals surface area contributed by atoms with E-state index in [0.717, 1.165) is 12.8 Å². The van der Waals surface area contributed by atoms with E-state index >= 15 is 0 Å². The summed E-state index contributed by atoms with van der Waals surface area (Å²) >= 11 is 0. The van der Waals surface area contributed by atoms with Crippen LogP contribution in [0.15, 0.2) is 11.0 Å². The predicted molar refractivity (Wildman–Crippen MR) is 58.9 cm³/mol. The van der Waals surface area contributed by atoms with Gasteiger partial charge in [0.25, 0.3) is 5.56 Å². The third-order valence-electron chi connectivity index (χ3n) is 2.31. The summed E-state index contributed by atoms with van der Waals surface area (Å²) in [6.07, 6.45) is 3.30. The summed E-state index contributed by atoms with van der Waals surface area (Å²) in [4.78, 5) is 15.3. The van der Waals surface area contributed by atoms with Gasteiger partial charge in [-0.3, -0.25) is 9.78 Å². The summed E-state index contributed by atoms with van der Waals surface area (Å²) in [5, 5.41) is 0. The van der Waals surface area contributed by atoms with E-state index in [2.05, 4.69) is 4.98 Å². The molecule has 0 amide bonds. The number of hydrogen-bond acceptors (Lipinski definition) is 2. The van der Waals surface area contributed by atoms with Gasteiger partial charge in [0, 0.05) is 17.8 Å². The first-order valence-electron chi connectivity index (χ1n) is 4.74. The molecule has 0 saturated carbocycles. The fraction of sp³-hybridized carbons (Fsp3) is 0.556. The summed E-state index contributed by atoms with van der Waals surface area (Å²) in [6.45, 7) is 4.04. The van der Waals surface area contributed by atoms with E-state index in [1.54, 1.807) is 10.8 Å². The average Bonchev–Trinajstić information content (AvgIpc) is 2.15. The molecule has 0 spiro atoms. The second-order valence-electron chi connectivity index (χ2n) is 3.23. The van der Waals surface area contributed by atoms with Crippen molar-refractivity contribution in [3.63, 3.8) is 0 Å². The number of aromatic nitrogens is 2. The van der Waals surface area contributed by atoms with Crippen LogP contribution in [0.4, 0.5) is 0 Å². The van der Waals surface area contributed by atoms with Gasteiger partial charge in [-0.15, -0.1) is 0 Å². The Morgan fingerprint density at radius 1 is 1.43 bits per heavy atom. The standard InChI is InChI=1S/C9H12B2N2O/c1-3-6(4-2)13-5-7(10)12-8(11)9(13)14/h5-6H,3-4H2,1-2H3. The molecule has 3 nitrogen and oxygen atoms in total. The maximum Gasteiger partial charge on any atom is 0.261 e. The van der Waals surface area contributed by atoms with Crippen LogP contribution in [0.2, 0.25) is 0 Å². The first-order valence-corrected chi connectivity index (χ1v) is 4.74. The summed E-state index contributed by atoms with van der Waals surface area (Å²) in [6, 6.07) is 0.148. The molecule has 0 aliphatic carbocycles. The van der Waals surface area contributed by atoms with Crippen molar-refractivity contribution in [2.75, 3.05) is 0 Å². The maximum atomic E-state index is 11.6. The van der Waals surface area contributed by atoms with Gasteiger partial charge in [-0.05, 0) is 12.8 Å². The minimum Gasteiger partial charge on any atom is -0.311 e. The minimum atomic E-state index is -0.257. The molecule has 0 aliphatic heterocycles. The molecule has 0 N–H and O–H groups in total. The maximum absolute atomic E-state index is 11.6. The van der Waals surface area contributed by atoms with Crippen molar-refractivity contribution in [2.45, 2.75) is 32.7 Å². The van der Waals surface area contributed by atoms with Crippen molar-refractivity contribution < 1.29 is 0 Å². The molecular weight excluding hydrogens is 174 g/mol. The normalized spacial score (nSPS) is 10.8. The molecule has 0 saturated heterocycles. The summed E-state index contributed by atoms with van der Waals surface area (Å²) in [5.41, 5.74) is -0.00111. The molecule has 0 fully saturated rings. The molecule has 5 heteroatoms. The van der Waals surface area contributed by atoms with E-state index in [9.17, 15) is 4.79 Å². The van der Waals surface area contributed by atoms with Crippen molar-refractivity contribution in [3.05, 3.63) is 16.6 Å². The van der Waals surface area contributed by atoms with Crippen molar-refractivity contribution >= 4 is 26.9 Å². The number of hydrogen-bond donors (Lipinski definition) is 0. The summed E-state index contributed by atoms with van der Waals surface area (Å²) in [7, 11) is 11.0. The SMILES string of the molecule is [B]c1cn(C(CC)CC)c(=O)c([B])n1. The number of rotatable bonds is 3. The van der Waals surface area contributed by atoms with Crippen LogP contribution in [0.3, 0.4) is 0 Å². The van der Waals surface area contributed by atoms with Crippen LogP contribution >= 0.6 is 0 Å². The van der Waals surface area contributed by atoms with E-state index in [4.69, 9.17) is 15.7 Å². The zero-order chi connectivity index (χ0) is 10.7. The lowest BCUT2D eigenvalue weighted by Gasteiger charge is -2.17. The first-order chi connectivity index (χ1) is 6.60. The Morgan fingerprint density at radius 3 is 2.50 bits per heavy atom. The Kier molecular flexibility index (Phi) is 3.55. The molecule has 0 bridgehead atoms. The largest absolute Gasteiger partial charge is 0.311 e. The van der Waals surface area contributed by atoms with Gasteiger partial charge < -0.3 is 4.57 Å². The Morgan fingerprint density at radius 2 is 2.00 bits per heavy atom. The second-order valence-corrected chi connectivity index (χ2v) is 3.23. The van der Waals surface area contributed by atoms with Gasteiger partial charge in [-0.25, -0.2) is 0 Å². The average molecular weight is 186 g/mol. The lowest BCUT2D eigenvalue weighted by atomic mass is 10.00. The molecule has 1 rings (SSSR count). The van der Waals surface area contributed by atoms with Gasteiger partial charge >= 0.3 is 0 Å². The lowest BCUT2D eigenvalue weighted by Crippen LogP contribution is -2.42. The topological polar surface area (TPSA) is 34.9 Å². The molecule has 0 aromatic carbocycles. The fourth-order valence-corrected chi connectivity index (χ4v) is 1.50.